The van der Waals surface area contributed by atoms with Crippen LogP contribution in [0.15, 0.2) is 48.5 Å². The molecule has 31 heavy (non-hydrogen) atoms. The molecule has 164 valence electrons. The number of hydrogen-bond donors (Lipinski definition) is 2. The molecule has 1 heterocycles. The summed E-state index contributed by atoms with van der Waals surface area (Å²) in [6.07, 6.45) is 5.45. The maximum atomic E-state index is 8.93. The molecular weight excluding hydrogens is 386 g/mol. The van der Waals surface area contributed by atoms with Crippen LogP contribution < -0.4 is 15.4 Å². The fraction of sp³-hybridized carbons (Fsp3) is 0.440. The molecule has 2 aromatic rings. The van der Waals surface area contributed by atoms with Crippen LogP contribution >= 0.6 is 0 Å². The van der Waals surface area contributed by atoms with Gasteiger partial charge in [-0.1, -0.05) is 19.1 Å². The number of rotatable bonds is 8. The first-order valence-corrected chi connectivity index (χ1v) is 11.2. The van der Waals surface area contributed by atoms with Gasteiger partial charge in [-0.25, -0.2) is 0 Å². The van der Waals surface area contributed by atoms with Gasteiger partial charge >= 0.3 is 0 Å². The van der Waals surface area contributed by atoms with Crippen molar-refractivity contribution in [3.8, 4) is 11.8 Å². The summed E-state index contributed by atoms with van der Waals surface area (Å²) in [5.41, 5.74) is 8.43. The van der Waals surface area contributed by atoms with Gasteiger partial charge in [0.2, 0.25) is 0 Å². The number of anilines is 1. The summed E-state index contributed by atoms with van der Waals surface area (Å²) in [7, 11) is 0. The van der Waals surface area contributed by atoms with Crippen LogP contribution in [0, 0.1) is 16.7 Å². The zero-order valence-corrected chi connectivity index (χ0v) is 18.4. The predicted octanol–water partition coefficient (Wildman–Crippen LogP) is 4.49. The first-order chi connectivity index (χ1) is 15.2. The lowest BCUT2D eigenvalue weighted by atomic mass is 10.0. The molecule has 2 aromatic carbocycles. The third-order valence-corrected chi connectivity index (χ3v) is 5.85. The van der Waals surface area contributed by atoms with Crippen molar-refractivity contribution in [2.24, 2.45) is 5.73 Å². The van der Waals surface area contributed by atoms with Crippen molar-refractivity contribution >= 4 is 11.6 Å². The Bertz CT molecular complexity index is 872. The van der Waals surface area contributed by atoms with E-state index >= 15 is 0 Å². The number of nitrogens with zero attached hydrogens (tertiary/aromatic N) is 3. The zero-order valence-electron chi connectivity index (χ0n) is 18.4. The summed E-state index contributed by atoms with van der Waals surface area (Å²) in [6, 6.07) is 17.9. The number of ether oxygens (including phenoxy) is 1. The molecule has 0 amide bonds. The van der Waals surface area contributed by atoms with Crippen molar-refractivity contribution in [2.75, 3.05) is 24.5 Å². The normalized spacial score (nSPS) is 15.9. The van der Waals surface area contributed by atoms with Gasteiger partial charge in [0.05, 0.1) is 11.6 Å². The first-order valence-electron chi connectivity index (χ1n) is 11.2. The highest BCUT2D eigenvalue weighted by Gasteiger charge is 2.26. The van der Waals surface area contributed by atoms with Crippen molar-refractivity contribution < 1.29 is 4.74 Å². The Kier molecular flexibility index (Phi) is 8.31. The molecule has 1 unspecified atom stereocenters. The van der Waals surface area contributed by atoms with Crippen molar-refractivity contribution in [1.29, 1.82) is 10.7 Å². The maximum Gasteiger partial charge on any atom is 0.198 e. The summed E-state index contributed by atoms with van der Waals surface area (Å²) in [6.45, 7) is 4.94. The van der Waals surface area contributed by atoms with E-state index in [0.29, 0.717) is 30.7 Å². The van der Waals surface area contributed by atoms with Gasteiger partial charge in [-0.05, 0) is 80.6 Å². The largest absolute Gasteiger partial charge is 0.489 e. The summed E-state index contributed by atoms with van der Waals surface area (Å²) in [4.78, 5) is 4.33. The molecule has 3 N–H and O–H groups in total. The smallest absolute Gasteiger partial charge is 0.198 e. The number of nitrogens with one attached hydrogen (secondary N) is 1. The monoisotopic (exact) mass is 419 g/mol. The van der Waals surface area contributed by atoms with Crippen LogP contribution in [0.5, 0.6) is 5.75 Å². The molecule has 1 aliphatic heterocycles. The lowest BCUT2D eigenvalue weighted by molar-refractivity contribution is 0.230. The second-order valence-corrected chi connectivity index (χ2v) is 7.96. The van der Waals surface area contributed by atoms with Crippen LogP contribution in [0.4, 0.5) is 5.69 Å². The van der Waals surface area contributed by atoms with Crippen LogP contribution in [-0.4, -0.2) is 36.5 Å². The number of likely N-dealkylation sites (tertiary alicyclic amines) is 1. The molecule has 0 saturated carbocycles. The highest BCUT2D eigenvalue weighted by Crippen LogP contribution is 2.25. The number of hydrogen-bond acceptors (Lipinski definition) is 4. The topological polar surface area (TPSA) is 89.4 Å². The van der Waals surface area contributed by atoms with Crippen LogP contribution in [0.1, 0.15) is 50.2 Å². The predicted molar refractivity (Wildman–Crippen MR) is 125 cm³/mol. The maximum absolute atomic E-state index is 8.93. The number of nitriles is 1. The second-order valence-electron chi connectivity index (χ2n) is 7.96. The SMILES string of the molecule is CCC1CCCCN1C(=N)N(CCCN)c1ccc(OCc2ccc(C#N)cc2)cc1. The van der Waals surface area contributed by atoms with Gasteiger partial charge in [-0.3, -0.25) is 5.41 Å². The number of guanidine groups is 1. The van der Waals surface area contributed by atoms with Crippen molar-refractivity contribution in [2.45, 2.75) is 51.7 Å². The van der Waals surface area contributed by atoms with Crippen LogP contribution in [0.25, 0.3) is 0 Å². The van der Waals surface area contributed by atoms with E-state index in [1.165, 1.54) is 6.42 Å². The Morgan fingerprint density at radius 3 is 2.58 bits per heavy atom. The van der Waals surface area contributed by atoms with Crippen LogP contribution in [0.2, 0.25) is 0 Å². The Hall–Kier alpha value is -3.04. The molecule has 1 saturated heterocycles. The quantitative estimate of drug-likeness (QED) is 0.486. The third-order valence-electron chi connectivity index (χ3n) is 5.85. The van der Waals surface area contributed by atoms with Crippen molar-refractivity contribution in [1.82, 2.24) is 4.90 Å². The van der Waals surface area contributed by atoms with E-state index in [4.69, 9.17) is 21.1 Å². The molecule has 6 nitrogen and oxygen atoms in total. The molecule has 1 fully saturated rings. The average Bonchev–Trinajstić information content (AvgIpc) is 2.83. The summed E-state index contributed by atoms with van der Waals surface area (Å²) in [5.74, 6) is 1.36. The Labute approximate surface area is 185 Å². The minimum atomic E-state index is 0.441. The fourth-order valence-corrected chi connectivity index (χ4v) is 4.03. The molecular formula is C25H33N5O. The molecule has 3 rings (SSSR count). The molecule has 1 atom stereocenters. The van der Waals surface area contributed by atoms with E-state index in [1.807, 2.05) is 36.4 Å². The minimum absolute atomic E-state index is 0.441. The van der Waals surface area contributed by atoms with E-state index in [9.17, 15) is 0 Å². The van der Waals surface area contributed by atoms with E-state index < -0.39 is 0 Å². The van der Waals surface area contributed by atoms with E-state index in [2.05, 4.69) is 22.8 Å². The Morgan fingerprint density at radius 2 is 1.94 bits per heavy atom. The second kappa shape index (κ2) is 11.4. The summed E-state index contributed by atoms with van der Waals surface area (Å²) < 4.78 is 5.91. The first kappa shape index (κ1) is 22.6. The minimum Gasteiger partial charge on any atom is -0.489 e. The summed E-state index contributed by atoms with van der Waals surface area (Å²) in [5, 5.41) is 17.8. The molecule has 0 aromatic heterocycles. The average molecular weight is 420 g/mol. The highest BCUT2D eigenvalue weighted by atomic mass is 16.5. The van der Waals surface area contributed by atoms with Gasteiger partial charge in [0.1, 0.15) is 12.4 Å². The van der Waals surface area contributed by atoms with Gasteiger partial charge in [-0.15, -0.1) is 0 Å². The highest BCUT2D eigenvalue weighted by molar-refractivity contribution is 5.94. The van der Waals surface area contributed by atoms with Gasteiger partial charge in [0, 0.05) is 24.8 Å². The van der Waals surface area contributed by atoms with Gasteiger partial charge in [-0.2, -0.15) is 5.26 Å². The Balaban J connectivity index is 1.68. The van der Waals surface area contributed by atoms with Gasteiger partial charge < -0.3 is 20.3 Å². The van der Waals surface area contributed by atoms with E-state index in [1.54, 1.807) is 12.1 Å². The van der Waals surface area contributed by atoms with Gasteiger partial charge in [0.15, 0.2) is 5.96 Å². The third kappa shape index (κ3) is 5.99. The number of piperidine rings is 1. The molecule has 0 aliphatic carbocycles. The molecule has 0 bridgehead atoms. The van der Waals surface area contributed by atoms with Crippen molar-refractivity contribution in [3.05, 3.63) is 59.7 Å². The molecule has 0 spiro atoms. The fourth-order valence-electron chi connectivity index (χ4n) is 4.03. The molecule has 1 aliphatic rings. The lowest BCUT2D eigenvalue weighted by Gasteiger charge is -2.41. The number of benzene rings is 2. The van der Waals surface area contributed by atoms with E-state index in [0.717, 1.165) is 55.8 Å². The van der Waals surface area contributed by atoms with Crippen LogP contribution in [-0.2, 0) is 6.61 Å². The van der Waals surface area contributed by atoms with Crippen LogP contribution in [0.3, 0.4) is 0 Å². The number of nitrogens with two attached hydrogens (primary N) is 1. The molecule has 0 radical (unpaired) electrons. The zero-order chi connectivity index (χ0) is 22.1. The lowest BCUT2D eigenvalue weighted by Crippen LogP contribution is -2.51. The summed E-state index contributed by atoms with van der Waals surface area (Å²) >= 11 is 0. The van der Waals surface area contributed by atoms with Gasteiger partial charge in [0.25, 0.3) is 0 Å². The van der Waals surface area contributed by atoms with E-state index in [-0.39, 0.29) is 0 Å². The molecule has 6 heteroatoms. The Morgan fingerprint density at radius 1 is 1.19 bits per heavy atom. The van der Waals surface area contributed by atoms with Crippen molar-refractivity contribution in [3.63, 3.8) is 0 Å². The standard InChI is InChI=1S/C25H33N5O/c1-2-22-6-3-4-16-29(22)25(28)30(17-5-15-26)23-11-13-24(14-12-23)31-19-21-9-7-20(18-27)8-10-21/h7-14,22,28H,2-6,15-17,19,26H2,1H3.